The maximum absolute atomic E-state index is 13.5. The Labute approximate surface area is 159 Å². The molecule has 3 heterocycles. The highest BCUT2D eigenvalue weighted by molar-refractivity contribution is 5.85. The number of ether oxygens (including phenoxy) is 1. The number of halogens is 1. The zero-order chi connectivity index (χ0) is 18.4. The molecule has 3 aliphatic heterocycles. The predicted molar refractivity (Wildman–Crippen MR) is 101 cm³/mol. The second-order valence-corrected chi connectivity index (χ2v) is 8.29. The van der Waals surface area contributed by atoms with E-state index in [0.29, 0.717) is 18.8 Å². The molecule has 3 saturated heterocycles. The lowest BCUT2D eigenvalue weighted by Gasteiger charge is -2.45. The topological polar surface area (TPSA) is 29.5 Å². The molecule has 1 aliphatic carbocycles. The number of rotatable bonds is 3. The van der Waals surface area contributed by atoms with Crippen LogP contribution < -0.4 is 0 Å². The Morgan fingerprint density at radius 3 is 2.19 bits per heavy atom. The number of benzene rings is 2. The molecule has 1 atom stereocenters. The van der Waals surface area contributed by atoms with Gasteiger partial charge >= 0.3 is 5.97 Å². The van der Waals surface area contributed by atoms with E-state index < -0.39 is 5.41 Å². The van der Waals surface area contributed by atoms with Crippen molar-refractivity contribution in [2.45, 2.75) is 37.2 Å². The van der Waals surface area contributed by atoms with Crippen LogP contribution >= 0.6 is 0 Å². The number of esters is 1. The third kappa shape index (κ3) is 2.87. The predicted octanol–water partition coefficient (Wildman–Crippen LogP) is 3.50. The summed E-state index contributed by atoms with van der Waals surface area (Å²) in [5.41, 5.74) is 2.48. The van der Waals surface area contributed by atoms with Crippen LogP contribution in [0.4, 0.5) is 4.39 Å². The summed E-state index contributed by atoms with van der Waals surface area (Å²) in [6.07, 6.45) is 3.45. The van der Waals surface area contributed by atoms with Crippen molar-refractivity contribution in [3.63, 3.8) is 0 Å². The lowest BCUT2D eigenvalue weighted by atomic mass is 9.77. The van der Waals surface area contributed by atoms with Gasteiger partial charge in [0, 0.05) is 6.54 Å². The molecule has 3 nitrogen and oxygen atoms in total. The van der Waals surface area contributed by atoms with Gasteiger partial charge in [-0.2, -0.15) is 0 Å². The first-order chi connectivity index (χ1) is 13.1. The minimum Gasteiger partial charge on any atom is -0.460 e. The highest BCUT2D eigenvalue weighted by atomic mass is 19.1. The van der Waals surface area contributed by atoms with Gasteiger partial charge in [0.05, 0.1) is 0 Å². The largest absolute Gasteiger partial charge is 0.460 e. The Bertz CT molecular complexity index is 830. The van der Waals surface area contributed by atoms with Gasteiger partial charge in [-0.25, -0.2) is 4.39 Å². The number of fused-ring (bicyclic) bond motifs is 4. The number of carbonyl (C=O) groups excluding carboxylic acids is 1. The fourth-order valence-corrected chi connectivity index (χ4v) is 5.15. The monoisotopic (exact) mass is 365 g/mol. The first kappa shape index (κ1) is 16.9. The van der Waals surface area contributed by atoms with Crippen molar-refractivity contribution in [2.24, 2.45) is 5.92 Å². The van der Waals surface area contributed by atoms with E-state index in [4.69, 9.17) is 4.74 Å². The fraction of sp³-hybridized carbons (Fsp3) is 0.435. The van der Waals surface area contributed by atoms with E-state index >= 15 is 0 Å². The fourth-order valence-electron chi connectivity index (χ4n) is 5.15. The molecule has 0 saturated carbocycles. The van der Waals surface area contributed by atoms with E-state index in [1.54, 1.807) is 12.1 Å². The second-order valence-electron chi connectivity index (χ2n) is 8.29. The average molecular weight is 365 g/mol. The zero-order valence-electron chi connectivity index (χ0n) is 15.4. The van der Waals surface area contributed by atoms with Gasteiger partial charge in [-0.15, -0.1) is 0 Å². The van der Waals surface area contributed by atoms with Crippen LogP contribution in [0, 0.1) is 11.7 Å². The molecule has 0 aromatic heterocycles. The van der Waals surface area contributed by atoms with Crippen LogP contribution in [-0.2, 0) is 27.8 Å². The van der Waals surface area contributed by atoms with E-state index in [1.165, 1.54) is 23.3 Å². The standard InChI is InChI=1S/C23H24FNO2/c24-20-7-5-19(6-8-20)23(13-17-3-1-2-4-18(17)14-23)22(26)27-21-15-25-11-9-16(21)10-12-25/h1-8,16,21H,9-15H2. The highest BCUT2D eigenvalue weighted by Crippen LogP contribution is 2.42. The molecule has 140 valence electrons. The van der Waals surface area contributed by atoms with Crippen LogP contribution in [-0.4, -0.2) is 36.6 Å². The van der Waals surface area contributed by atoms with Crippen LogP contribution in [0.5, 0.6) is 0 Å². The minimum atomic E-state index is -0.747. The Morgan fingerprint density at radius 2 is 1.63 bits per heavy atom. The van der Waals surface area contributed by atoms with Crippen molar-refractivity contribution in [3.8, 4) is 0 Å². The first-order valence-electron chi connectivity index (χ1n) is 9.90. The van der Waals surface area contributed by atoms with Gasteiger partial charge in [0.2, 0.25) is 0 Å². The van der Waals surface area contributed by atoms with Gasteiger partial charge in [0.25, 0.3) is 0 Å². The maximum Gasteiger partial charge on any atom is 0.317 e. The van der Waals surface area contributed by atoms with Gasteiger partial charge in [-0.05, 0) is 73.5 Å². The van der Waals surface area contributed by atoms with E-state index in [-0.39, 0.29) is 17.9 Å². The first-order valence-corrected chi connectivity index (χ1v) is 9.90. The van der Waals surface area contributed by atoms with Crippen LogP contribution in [0.25, 0.3) is 0 Å². The van der Waals surface area contributed by atoms with E-state index in [0.717, 1.165) is 38.0 Å². The molecule has 1 unspecified atom stereocenters. The number of piperidine rings is 3. The minimum absolute atomic E-state index is 0.0129. The van der Waals surface area contributed by atoms with Gasteiger partial charge in [-0.1, -0.05) is 36.4 Å². The van der Waals surface area contributed by atoms with E-state index in [1.807, 2.05) is 12.1 Å². The number of carbonyl (C=O) groups is 1. The summed E-state index contributed by atoms with van der Waals surface area (Å²) in [6, 6.07) is 14.6. The summed E-state index contributed by atoms with van der Waals surface area (Å²) in [7, 11) is 0. The lowest BCUT2D eigenvalue weighted by Crippen LogP contribution is -2.53. The Kier molecular flexibility index (Phi) is 4.05. The molecule has 3 fully saturated rings. The summed E-state index contributed by atoms with van der Waals surface area (Å²) < 4.78 is 19.7. The average Bonchev–Trinajstić information content (AvgIpc) is 3.10. The Hall–Kier alpha value is -2.20. The van der Waals surface area contributed by atoms with Crippen molar-refractivity contribution in [3.05, 3.63) is 71.0 Å². The van der Waals surface area contributed by atoms with Crippen molar-refractivity contribution in [1.29, 1.82) is 0 Å². The molecule has 6 rings (SSSR count). The second kappa shape index (κ2) is 6.45. The summed E-state index contributed by atoms with van der Waals surface area (Å²) in [4.78, 5) is 15.9. The molecule has 2 aromatic carbocycles. The quantitative estimate of drug-likeness (QED) is 0.780. The molecule has 0 spiro atoms. The number of hydrogen-bond acceptors (Lipinski definition) is 3. The Morgan fingerprint density at radius 1 is 1.00 bits per heavy atom. The molecule has 0 amide bonds. The molecule has 2 aromatic rings. The zero-order valence-corrected chi connectivity index (χ0v) is 15.4. The number of nitrogens with zero attached hydrogens (tertiary/aromatic N) is 1. The highest BCUT2D eigenvalue weighted by Gasteiger charge is 2.48. The van der Waals surface area contributed by atoms with Crippen LogP contribution in [0.15, 0.2) is 48.5 Å². The summed E-state index contributed by atoms with van der Waals surface area (Å²) >= 11 is 0. The molecule has 0 radical (unpaired) electrons. The molecule has 2 bridgehead atoms. The van der Waals surface area contributed by atoms with Crippen molar-refractivity contribution >= 4 is 5.97 Å². The Balaban J connectivity index is 1.47. The van der Waals surface area contributed by atoms with Crippen molar-refractivity contribution in [1.82, 2.24) is 4.90 Å². The van der Waals surface area contributed by atoms with Gasteiger partial charge in [0.1, 0.15) is 17.3 Å². The third-order valence-electron chi connectivity index (χ3n) is 6.74. The van der Waals surface area contributed by atoms with Gasteiger partial charge in [0.15, 0.2) is 0 Å². The van der Waals surface area contributed by atoms with Crippen LogP contribution in [0.1, 0.15) is 29.5 Å². The SMILES string of the molecule is O=C(OC1CN2CCC1CC2)C1(c2ccc(F)cc2)Cc2ccccc2C1. The number of hydrogen-bond donors (Lipinski definition) is 0. The van der Waals surface area contributed by atoms with E-state index in [2.05, 4.69) is 17.0 Å². The van der Waals surface area contributed by atoms with Crippen LogP contribution in [0.2, 0.25) is 0 Å². The molecular formula is C23H24FNO2. The molecule has 4 heteroatoms. The van der Waals surface area contributed by atoms with Gasteiger partial charge in [-0.3, -0.25) is 9.69 Å². The third-order valence-corrected chi connectivity index (χ3v) is 6.74. The van der Waals surface area contributed by atoms with Crippen molar-refractivity contribution < 1.29 is 13.9 Å². The summed E-state index contributed by atoms with van der Waals surface area (Å²) in [5, 5.41) is 0. The molecular weight excluding hydrogens is 341 g/mol. The van der Waals surface area contributed by atoms with Crippen molar-refractivity contribution in [2.75, 3.05) is 19.6 Å². The van der Waals surface area contributed by atoms with Crippen LogP contribution in [0.3, 0.4) is 0 Å². The molecule has 27 heavy (non-hydrogen) atoms. The molecule has 4 aliphatic rings. The maximum atomic E-state index is 13.5. The molecule has 0 N–H and O–H groups in total. The lowest BCUT2D eigenvalue weighted by molar-refractivity contribution is -0.165. The van der Waals surface area contributed by atoms with Gasteiger partial charge < -0.3 is 4.74 Å². The summed E-state index contributed by atoms with van der Waals surface area (Å²) in [5.74, 6) is 0.0484. The van der Waals surface area contributed by atoms with E-state index in [9.17, 15) is 9.18 Å². The smallest absolute Gasteiger partial charge is 0.317 e. The normalized spacial score (nSPS) is 28.0. The summed E-state index contributed by atoms with van der Waals surface area (Å²) in [6.45, 7) is 3.09.